The molecule has 0 saturated heterocycles. The smallest absolute Gasteiger partial charge is 0.416 e. The predicted molar refractivity (Wildman–Crippen MR) is 114 cm³/mol. The second-order valence-electron chi connectivity index (χ2n) is 6.53. The third-order valence-corrected chi connectivity index (χ3v) is 4.65. The van der Waals surface area contributed by atoms with Crippen molar-refractivity contribution in [2.45, 2.75) is 6.18 Å². The van der Waals surface area contributed by atoms with E-state index in [2.05, 4.69) is 10.6 Å². The highest BCUT2D eigenvalue weighted by Crippen LogP contribution is 2.34. The highest BCUT2D eigenvalue weighted by Gasteiger charge is 2.32. The van der Waals surface area contributed by atoms with Gasteiger partial charge in [-0.25, -0.2) is 0 Å². The zero-order valence-corrected chi connectivity index (χ0v) is 17.3. The van der Waals surface area contributed by atoms with Crippen molar-refractivity contribution >= 4 is 46.4 Å². The van der Waals surface area contributed by atoms with Crippen LogP contribution in [0.2, 0.25) is 10.0 Å². The quantitative estimate of drug-likeness (QED) is 0.368. The van der Waals surface area contributed by atoms with E-state index in [1.165, 1.54) is 12.1 Å². The van der Waals surface area contributed by atoms with Gasteiger partial charge in [-0.1, -0.05) is 23.2 Å². The molecule has 0 aliphatic rings. The molecule has 166 valence electrons. The monoisotopic (exact) mass is 484 g/mol. The van der Waals surface area contributed by atoms with Gasteiger partial charge >= 0.3 is 6.18 Å². The van der Waals surface area contributed by atoms with Crippen LogP contribution in [0, 0.1) is 0 Å². The summed E-state index contributed by atoms with van der Waals surface area (Å²) >= 11 is 11.6. The number of anilines is 2. The minimum absolute atomic E-state index is 0.131. The fraction of sp³-hybridized carbons (Fsp3) is 0.0476. The SMILES string of the molecule is O=C(Nc1cc(NC(=O)c2cc(Cl)ccc2O)cc(C(F)(F)F)c1)c1cc(Cl)ccc1O. The van der Waals surface area contributed by atoms with Crippen molar-refractivity contribution in [1.82, 2.24) is 0 Å². The molecule has 4 N–H and O–H groups in total. The first-order chi connectivity index (χ1) is 14.9. The second kappa shape index (κ2) is 8.97. The van der Waals surface area contributed by atoms with Crippen LogP contribution in [-0.2, 0) is 6.18 Å². The van der Waals surface area contributed by atoms with Crippen LogP contribution in [-0.4, -0.2) is 22.0 Å². The molecule has 0 heterocycles. The van der Waals surface area contributed by atoms with Gasteiger partial charge in [-0.3, -0.25) is 9.59 Å². The first-order valence-corrected chi connectivity index (χ1v) is 9.51. The topological polar surface area (TPSA) is 98.7 Å². The van der Waals surface area contributed by atoms with Gasteiger partial charge in [0.15, 0.2) is 0 Å². The van der Waals surface area contributed by atoms with E-state index < -0.39 is 35.1 Å². The van der Waals surface area contributed by atoms with E-state index in [0.717, 1.165) is 30.3 Å². The van der Waals surface area contributed by atoms with Crippen LogP contribution in [0.1, 0.15) is 26.3 Å². The van der Waals surface area contributed by atoms with Gasteiger partial charge in [-0.15, -0.1) is 0 Å². The molecule has 32 heavy (non-hydrogen) atoms. The fourth-order valence-corrected chi connectivity index (χ4v) is 3.06. The number of benzene rings is 3. The lowest BCUT2D eigenvalue weighted by molar-refractivity contribution is -0.137. The maximum absolute atomic E-state index is 13.4. The average Bonchev–Trinajstić information content (AvgIpc) is 2.70. The normalized spacial score (nSPS) is 11.2. The number of hydrogen-bond donors (Lipinski definition) is 4. The molecule has 6 nitrogen and oxygen atoms in total. The number of rotatable bonds is 4. The van der Waals surface area contributed by atoms with E-state index in [0.29, 0.717) is 12.1 Å². The van der Waals surface area contributed by atoms with E-state index in [1.54, 1.807) is 0 Å². The molecule has 2 amide bonds. The molecule has 0 aromatic heterocycles. The maximum atomic E-state index is 13.4. The van der Waals surface area contributed by atoms with Crippen molar-refractivity contribution < 1.29 is 33.0 Å². The fourth-order valence-electron chi connectivity index (χ4n) is 2.71. The number of halogens is 5. The number of phenols is 2. The highest BCUT2D eigenvalue weighted by atomic mass is 35.5. The van der Waals surface area contributed by atoms with Crippen LogP contribution in [0.3, 0.4) is 0 Å². The highest BCUT2D eigenvalue weighted by molar-refractivity contribution is 6.31. The van der Waals surface area contributed by atoms with Crippen molar-refractivity contribution in [3.63, 3.8) is 0 Å². The van der Waals surface area contributed by atoms with Crippen LogP contribution in [0.15, 0.2) is 54.6 Å². The molecule has 0 aliphatic heterocycles. The van der Waals surface area contributed by atoms with E-state index in [4.69, 9.17) is 23.2 Å². The Bertz CT molecular complexity index is 1130. The van der Waals surface area contributed by atoms with E-state index in [9.17, 15) is 33.0 Å². The Morgan fingerprint density at radius 3 is 1.50 bits per heavy atom. The molecule has 0 radical (unpaired) electrons. The zero-order valence-electron chi connectivity index (χ0n) is 15.8. The summed E-state index contributed by atoms with van der Waals surface area (Å²) < 4.78 is 40.1. The molecule has 0 aliphatic carbocycles. The van der Waals surface area contributed by atoms with Crippen LogP contribution in [0.5, 0.6) is 11.5 Å². The van der Waals surface area contributed by atoms with Crippen molar-refractivity contribution in [1.29, 1.82) is 0 Å². The lowest BCUT2D eigenvalue weighted by Gasteiger charge is -2.14. The first-order valence-electron chi connectivity index (χ1n) is 8.76. The van der Waals surface area contributed by atoms with Gasteiger partial charge in [0, 0.05) is 21.4 Å². The standard InChI is InChI=1S/C21H13Cl2F3N2O4/c22-11-1-3-17(29)15(7-11)19(31)27-13-5-10(21(24,25)26)6-14(9-13)28-20(32)16-8-12(23)2-4-18(16)30/h1-9,29-30H,(H,27,31)(H,28,32). The summed E-state index contributed by atoms with van der Waals surface area (Å²) in [6, 6.07) is 9.66. The Morgan fingerprint density at radius 2 is 1.12 bits per heavy atom. The van der Waals surface area contributed by atoms with Gasteiger partial charge in [0.1, 0.15) is 11.5 Å². The molecule has 0 bridgehead atoms. The van der Waals surface area contributed by atoms with Gasteiger partial charge in [0.05, 0.1) is 16.7 Å². The minimum atomic E-state index is -4.80. The summed E-state index contributed by atoms with van der Waals surface area (Å²) in [6.45, 7) is 0. The van der Waals surface area contributed by atoms with Crippen LogP contribution in [0.4, 0.5) is 24.5 Å². The van der Waals surface area contributed by atoms with Gasteiger partial charge in [0.25, 0.3) is 11.8 Å². The summed E-state index contributed by atoms with van der Waals surface area (Å²) in [7, 11) is 0. The summed E-state index contributed by atoms with van der Waals surface area (Å²) in [5.74, 6) is -2.70. The number of nitrogens with one attached hydrogen (secondary N) is 2. The number of phenolic OH excluding ortho intramolecular Hbond substituents is 2. The molecular formula is C21H13Cl2F3N2O4. The Kier molecular flexibility index (Phi) is 6.52. The van der Waals surface area contributed by atoms with Gasteiger partial charge in [0.2, 0.25) is 0 Å². The first kappa shape index (κ1) is 23.2. The van der Waals surface area contributed by atoms with Crippen LogP contribution >= 0.6 is 23.2 Å². The van der Waals surface area contributed by atoms with E-state index >= 15 is 0 Å². The molecular weight excluding hydrogens is 472 g/mol. The summed E-state index contributed by atoms with van der Waals surface area (Å²) in [5, 5.41) is 24.4. The third-order valence-electron chi connectivity index (χ3n) is 4.18. The van der Waals surface area contributed by atoms with Crippen molar-refractivity contribution in [2.24, 2.45) is 0 Å². The lowest BCUT2D eigenvalue weighted by Crippen LogP contribution is -2.16. The van der Waals surface area contributed by atoms with E-state index in [-0.39, 0.29) is 32.5 Å². The van der Waals surface area contributed by atoms with Crippen molar-refractivity contribution in [3.05, 3.63) is 81.3 Å². The molecule has 0 unspecified atom stereocenters. The van der Waals surface area contributed by atoms with Gasteiger partial charge in [-0.2, -0.15) is 13.2 Å². The number of amides is 2. The molecule has 0 spiro atoms. The molecule has 3 aromatic carbocycles. The molecule has 3 rings (SSSR count). The van der Waals surface area contributed by atoms with E-state index in [1.807, 2.05) is 0 Å². The van der Waals surface area contributed by atoms with Crippen LogP contribution in [0.25, 0.3) is 0 Å². The number of hydrogen-bond acceptors (Lipinski definition) is 4. The molecule has 0 saturated carbocycles. The third kappa shape index (κ3) is 5.43. The largest absolute Gasteiger partial charge is 0.507 e. The van der Waals surface area contributed by atoms with Crippen LogP contribution < -0.4 is 10.6 Å². The summed E-state index contributed by atoms with van der Waals surface area (Å²) in [6.07, 6.45) is -4.80. The minimum Gasteiger partial charge on any atom is -0.507 e. The Hall–Kier alpha value is -3.43. The second-order valence-corrected chi connectivity index (χ2v) is 7.40. The number of carbonyl (C=O) groups is 2. The van der Waals surface area contributed by atoms with Crippen molar-refractivity contribution in [3.8, 4) is 11.5 Å². The van der Waals surface area contributed by atoms with Gasteiger partial charge in [-0.05, 0) is 54.6 Å². The molecule has 11 heteroatoms. The predicted octanol–water partition coefficient (Wildman–Crippen LogP) is 5.93. The average molecular weight is 485 g/mol. The summed E-state index contributed by atoms with van der Waals surface area (Å²) in [4.78, 5) is 24.9. The Labute approximate surface area is 189 Å². The maximum Gasteiger partial charge on any atom is 0.416 e. The Balaban J connectivity index is 1.95. The molecule has 3 aromatic rings. The van der Waals surface area contributed by atoms with Crippen molar-refractivity contribution in [2.75, 3.05) is 10.6 Å². The summed E-state index contributed by atoms with van der Waals surface area (Å²) in [5.41, 5.74) is -2.30. The zero-order chi connectivity index (χ0) is 23.6. The molecule has 0 atom stereocenters. The number of aromatic hydroxyl groups is 2. The molecule has 0 fully saturated rings. The van der Waals surface area contributed by atoms with Gasteiger partial charge < -0.3 is 20.8 Å². The number of carbonyl (C=O) groups excluding carboxylic acids is 2. The Morgan fingerprint density at radius 1 is 0.719 bits per heavy atom. The lowest BCUT2D eigenvalue weighted by atomic mass is 10.1. The number of alkyl halides is 3.